The number of aromatic nitrogens is 1. The molecule has 0 spiro atoms. The van der Waals surface area contributed by atoms with Crippen molar-refractivity contribution >= 4 is 16.1 Å². The highest BCUT2D eigenvalue weighted by molar-refractivity contribution is 7.89. The smallest absolute Gasteiger partial charge is 0.238 e. The van der Waals surface area contributed by atoms with Gasteiger partial charge in [0.15, 0.2) is 0 Å². The van der Waals surface area contributed by atoms with Crippen LogP contribution in [0.1, 0.15) is 11.1 Å². The molecule has 0 fully saturated rings. The van der Waals surface area contributed by atoms with E-state index in [1.54, 1.807) is 30.6 Å². The molecule has 2 N–H and O–H groups in total. The minimum absolute atomic E-state index is 0.172. The molecule has 0 radical (unpaired) electrons. The summed E-state index contributed by atoms with van der Waals surface area (Å²) in [6, 6.07) is 10.5. The lowest BCUT2D eigenvalue weighted by Crippen LogP contribution is -2.14. The second-order valence-corrected chi connectivity index (χ2v) is 5.58. The van der Waals surface area contributed by atoms with E-state index < -0.39 is 10.0 Å². The van der Waals surface area contributed by atoms with Crippen LogP contribution in [0, 0.1) is 0 Å². The van der Waals surface area contributed by atoms with E-state index in [0.717, 1.165) is 5.56 Å². The van der Waals surface area contributed by atoms with Crippen LogP contribution in [-0.2, 0) is 16.4 Å². The zero-order valence-electron chi connectivity index (χ0n) is 10.2. The Kier molecular flexibility index (Phi) is 4.09. The predicted octanol–water partition coefficient (Wildman–Crippen LogP) is 1.98. The lowest BCUT2D eigenvalue weighted by atomic mass is 10.1. The molecule has 0 saturated carbocycles. The molecule has 98 valence electrons. The van der Waals surface area contributed by atoms with Crippen LogP contribution >= 0.6 is 0 Å². The van der Waals surface area contributed by atoms with Crippen molar-refractivity contribution in [1.82, 2.24) is 4.98 Å². The molecule has 0 bridgehead atoms. The average molecular weight is 274 g/mol. The van der Waals surface area contributed by atoms with Gasteiger partial charge in [0.05, 0.1) is 4.90 Å². The number of rotatable bonds is 4. The van der Waals surface area contributed by atoms with Crippen molar-refractivity contribution in [2.75, 3.05) is 0 Å². The summed E-state index contributed by atoms with van der Waals surface area (Å²) in [4.78, 5) is 4.17. The van der Waals surface area contributed by atoms with Crippen molar-refractivity contribution in [3.8, 4) is 0 Å². The van der Waals surface area contributed by atoms with Gasteiger partial charge in [-0.15, -0.1) is 0 Å². The third-order valence-corrected chi connectivity index (χ3v) is 3.62. The van der Waals surface area contributed by atoms with Gasteiger partial charge in [-0.25, -0.2) is 13.6 Å². The van der Waals surface area contributed by atoms with E-state index in [9.17, 15) is 8.42 Å². The highest BCUT2D eigenvalue weighted by Gasteiger charge is 2.11. The number of nitrogens with two attached hydrogens (primary N) is 1. The van der Waals surface area contributed by atoms with Crippen LogP contribution < -0.4 is 5.14 Å². The van der Waals surface area contributed by atoms with Gasteiger partial charge in [0.2, 0.25) is 10.0 Å². The third kappa shape index (κ3) is 3.74. The largest absolute Gasteiger partial charge is 0.264 e. The molecular weight excluding hydrogens is 260 g/mol. The van der Waals surface area contributed by atoms with Gasteiger partial charge in [-0.2, -0.15) is 0 Å². The van der Waals surface area contributed by atoms with Crippen LogP contribution in [0.5, 0.6) is 0 Å². The van der Waals surface area contributed by atoms with Gasteiger partial charge in [0, 0.05) is 12.4 Å². The fourth-order valence-electron chi connectivity index (χ4n) is 1.75. The summed E-state index contributed by atoms with van der Waals surface area (Å²) in [5.41, 5.74) is 1.65. The molecule has 2 rings (SSSR count). The standard InChI is InChI=1S/C14H14N2O2S/c15-19(17,18)14-9-2-1-7-13(14)8-3-5-12-6-4-10-16-11-12/h1-7,9-11H,8H2,(H2,15,17,18). The van der Waals surface area contributed by atoms with E-state index in [4.69, 9.17) is 5.14 Å². The van der Waals surface area contributed by atoms with Gasteiger partial charge in [-0.05, 0) is 29.7 Å². The average Bonchev–Trinajstić information content (AvgIpc) is 2.39. The number of allylic oxidation sites excluding steroid dienone is 1. The van der Waals surface area contributed by atoms with Crippen LogP contribution in [0.15, 0.2) is 59.8 Å². The SMILES string of the molecule is NS(=O)(=O)c1ccccc1CC=Cc1cccnc1. The Bertz CT molecular complexity index is 680. The number of primary sulfonamides is 1. The highest BCUT2D eigenvalue weighted by atomic mass is 32.2. The Balaban J connectivity index is 2.19. The Morgan fingerprint density at radius 2 is 1.95 bits per heavy atom. The van der Waals surface area contributed by atoms with Crippen LogP contribution in [0.25, 0.3) is 6.08 Å². The van der Waals surface area contributed by atoms with Crippen molar-refractivity contribution in [1.29, 1.82) is 0 Å². The molecule has 19 heavy (non-hydrogen) atoms. The van der Waals surface area contributed by atoms with E-state index in [1.807, 2.05) is 24.3 Å². The molecule has 1 aromatic carbocycles. The van der Waals surface area contributed by atoms with Gasteiger partial charge in [-0.1, -0.05) is 36.4 Å². The number of pyridine rings is 1. The quantitative estimate of drug-likeness (QED) is 0.926. The number of nitrogens with zero attached hydrogens (tertiary/aromatic N) is 1. The van der Waals surface area contributed by atoms with E-state index in [2.05, 4.69) is 4.98 Å². The molecule has 5 heteroatoms. The predicted molar refractivity (Wildman–Crippen MR) is 74.8 cm³/mol. The van der Waals surface area contributed by atoms with Crippen molar-refractivity contribution in [3.63, 3.8) is 0 Å². The number of sulfonamides is 1. The normalized spacial score (nSPS) is 11.8. The van der Waals surface area contributed by atoms with Crippen molar-refractivity contribution in [3.05, 3.63) is 66.0 Å². The number of hydrogen-bond donors (Lipinski definition) is 1. The first-order chi connectivity index (χ1) is 9.07. The summed E-state index contributed by atoms with van der Waals surface area (Å²) in [5, 5.41) is 5.18. The van der Waals surface area contributed by atoms with Gasteiger partial charge >= 0.3 is 0 Å². The maximum Gasteiger partial charge on any atom is 0.238 e. The minimum atomic E-state index is -3.67. The van der Waals surface area contributed by atoms with E-state index in [1.165, 1.54) is 6.07 Å². The second-order valence-electron chi connectivity index (χ2n) is 4.05. The monoisotopic (exact) mass is 274 g/mol. The summed E-state index contributed by atoms with van der Waals surface area (Å²) in [6.07, 6.45) is 7.73. The molecule has 1 aromatic heterocycles. The maximum atomic E-state index is 11.4. The molecule has 0 saturated heterocycles. The summed E-state index contributed by atoms with van der Waals surface area (Å²) in [5.74, 6) is 0. The number of benzene rings is 1. The summed E-state index contributed by atoms with van der Waals surface area (Å²) in [7, 11) is -3.67. The lowest BCUT2D eigenvalue weighted by molar-refractivity contribution is 0.597. The van der Waals surface area contributed by atoms with Crippen LogP contribution in [0.3, 0.4) is 0 Å². The van der Waals surface area contributed by atoms with Gasteiger partial charge in [0.25, 0.3) is 0 Å². The maximum absolute atomic E-state index is 11.4. The van der Waals surface area contributed by atoms with E-state index in [-0.39, 0.29) is 4.90 Å². The Hall–Kier alpha value is -1.98. The van der Waals surface area contributed by atoms with E-state index in [0.29, 0.717) is 12.0 Å². The fourth-order valence-corrected chi connectivity index (χ4v) is 2.53. The molecule has 4 nitrogen and oxygen atoms in total. The third-order valence-electron chi connectivity index (χ3n) is 2.61. The zero-order valence-corrected chi connectivity index (χ0v) is 11.0. The molecule has 0 amide bonds. The Labute approximate surface area is 112 Å². The first kappa shape index (κ1) is 13.5. The first-order valence-electron chi connectivity index (χ1n) is 5.74. The van der Waals surface area contributed by atoms with Crippen LogP contribution in [0.4, 0.5) is 0 Å². The highest BCUT2D eigenvalue weighted by Crippen LogP contribution is 2.15. The lowest BCUT2D eigenvalue weighted by Gasteiger charge is -2.04. The van der Waals surface area contributed by atoms with E-state index >= 15 is 0 Å². The molecule has 0 aliphatic heterocycles. The molecule has 0 unspecified atom stereocenters. The van der Waals surface area contributed by atoms with Gasteiger partial charge < -0.3 is 0 Å². The molecule has 2 aromatic rings. The summed E-state index contributed by atoms with van der Waals surface area (Å²) >= 11 is 0. The molecule has 0 atom stereocenters. The zero-order chi connectivity index (χ0) is 13.7. The first-order valence-corrected chi connectivity index (χ1v) is 7.29. The fraction of sp³-hybridized carbons (Fsp3) is 0.0714. The minimum Gasteiger partial charge on any atom is -0.264 e. The summed E-state index contributed by atoms with van der Waals surface area (Å²) in [6.45, 7) is 0. The van der Waals surface area contributed by atoms with Gasteiger partial charge in [-0.3, -0.25) is 4.98 Å². The Morgan fingerprint density at radius 3 is 2.63 bits per heavy atom. The van der Waals surface area contributed by atoms with Crippen molar-refractivity contribution < 1.29 is 8.42 Å². The van der Waals surface area contributed by atoms with Crippen LogP contribution in [-0.4, -0.2) is 13.4 Å². The molecular formula is C14H14N2O2S. The second kappa shape index (κ2) is 5.77. The summed E-state index contributed by atoms with van der Waals surface area (Å²) < 4.78 is 22.9. The van der Waals surface area contributed by atoms with Crippen molar-refractivity contribution in [2.45, 2.75) is 11.3 Å². The Morgan fingerprint density at radius 1 is 1.16 bits per heavy atom. The van der Waals surface area contributed by atoms with Crippen LogP contribution in [0.2, 0.25) is 0 Å². The number of hydrogen-bond acceptors (Lipinski definition) is 3. The van der Waals surface area contributed by atoms with Crippen molar-refractivity contribution in [2.24, 2.45) is 5.14 Å². The molecule has 0 aliphatic carbocycles. The van der Waals surface area contributed by atoms with Gasteiger partial charge in [0.1, 0.15) is 0 Å². The molecule has 1 heterocycles. The topological polar surface area (TPSA) is 73.1 Å². The molecule has 0 aliphatic rings.